The molecule has 0 aromatic heterocycles. The van der Waals surface area contributed by atoms with E-state index in [4.69, 9.17) is 16.3 Å². The van der Waals surface area contributed by atoms with Gasteiger partial charge in [-0.2, -0.15) is 0 Å². The molecule has 1 fully saturated rings. The van der Waals surface area contributed by atoms with Crippen molar-refractivity contribution in [2.45, 2.75) is 25.9 Å². The van der Waals surface area contributed by atoms with E-state index in [-0.39, 0.29) is 5.02 Å². The van der Waals surface area contributed by atoms with Crippen molar-refractivity contribution in [3.63, 3.8) is 0 Å². The average molecular weight is 245 g/mol. The van der Waals surface area contributed by atoms with Crippen molar-refractivity contribution in [2.24, 2.45) is 5.92 Å². The van der Waals surface area contributed by atoms with E-state index in [2.05, 4.69) is 0 Å². The van der Waals surface area contributed by atoms with Crippen molar-refractivity contribution in [1.29, 1.82) is 0 Å². The number of rotatable bonds is 4. The van der Waals surface area contributed by atoms with Crippen LogP contribution in [0.25, 0.3) is 0 Å². The van der Waals surface area contributed by atoms with Crippen molar-refractivity contribution in [3.05, 3.63) is 28.5 Å². The third-order valence-electron chi connectivity index (χ3n) is 2.65. The SMILES string of the molecule is CC(O)c1cc(F)cc(Cl)c1OCC1CC1. The average Bonchev–Trinajstić information content (AvgIpc) is 2.98. The Labute approximate surface area is 99.0 Å². The van der Waals surface area contributed by atoms with Gasteiger partial charge in [0, 0.05) is 5.56 Å². The van der Waals surface area contributed by atoms with E-state index in [0.29, 0.717) is 23.8 Å². The molecule has 1 unspecified atom stereocenters. The molecule has 1 aliphatic carbocycles. The van der Waals surface area contributed by atoms with Crippen molar-refractivity contribution < 1.29 is 14.2 Å². The monoisotopic (exact) mass is 244 g/mol. The predicted molar refractivity (Wildman–Crippen MR) is 60.3 cm³/mol. The van der Waals surface area contributed by atoms with Crippen LogP contribution in [0.4, 0.5) is 4.39 Å². The first-order valence-corrected chi connectivity index (χ1v) is 5.75. The van der Waals surface area contributed by atoms with Crippen LogP contribution in [0.15, 0.2) is 12.1 Å². The van der Waals surface area contributed by atoms with Crippen LogP contribution in [0.5, 0.6) is 5.75 Å². The first-order chi connectivity index (χ1) is 7.58. The first kappa shape index (κ1) is 11.7. The van der Waals surface area contributed by atoms with Gasteiger partial charge in [0.2, 0.25) is 0 Å². The second-order valence-corrected chi connectivity index (χ2v) is 4.64. The maximum absolute atomic E-state index is 13.1. The van der Waals surface area contributed by atoms with E-state index in [1.54, 1.807) is 6.92 Å². The molecule has 2 rings (SSSR count). The lowest BCUT2D eigenvalue weighted by molar-refractivity contribution is 0.189. The fourth-order valence-corrected chi connectivity index (χ4v) is 1.80. The molecule has 4 heteroatoms. The minimum absolute atomic E-state index is 0.219. The van der Waals surface area contributed by atoms with Gasteiger partial charge < -0.3 is 9.84 Å². The number of hydrogen-bond acceptors (Lipinski definition) is 2. The molecule has 1 N–H and O–H groups in total. The van der Waals surface area contributed by atoms with Crippen LogP contribution in [-0.2, 0) is 0 Å². The number of hydrogen-bond donors (Lipinski definition) is 1. The lowest BCUT2D eigenvalue weighted by Crippen LogP contribution is -2.05. The molecule has 0 bridgehead atoms. The van der Waals surface area contributed by atoms with E-state index in [1.165, 1.54) is 25.0 Å². The molecule has 1 aromatic rings. The van der Waals surface area contributed by atoms with Gasteiger partial charge in [0.05, 0.1) is 17.7 Å². The summed E-state index contributed by atoms with van der Waals surface area (Å²) in [4.78, 5) is 0. The molecule has 1 atom stereocenters. The highest BCUT2D eigenvalue weighted by Gasteiger charge is 2.24. The highest BCUT2D eigenvalue weighted by molar-refractivity contribution is 6.32. The summed E-state index contributed by atoms with van der Waals surface area (Å²) in [5, 5.41) is 9.75. The molecule has 1 aromatic carbocycles. The van der Waals surface area contributed by atoms with Gasteiger partial charge in [-0.3, -0.25) is 0 Å². The summed E-state index contributed by atoms with van der Waals surface area (Å²) in [6, 6.07) is 2.47. The second kappa shape index (κ2) is 4.60. The molecule has 0 spiro atoms. The van der Waals surface area contributed by atoms with Crippen LogP contribution in [0, 0.1) is 11.7 Å². The van der Waals surface area contributed by atoms with Gasteiger partial charge in [0.25, 0.3) is 0 Å². The quantitative estimate of drug-likeness (QED) is 0.881. The van der Waals surface area contributed by atoms with Crippen LogP contribution in [0.3, 0.4) is 0 Å². The molecule has 0 aliphatic heterocycles. The van der Waals surface area contributed by atoms with Crippen LogP contribution >= 0.6 is 11.6 Å². The Bertz CT molecular complexity index is 389. The Morgan fingerprint density at radius 3 is 2.81 bits per heavy atom. The topological polar surface area (TPSA) is 29.5 Å². The number of halogens is 2. The van der Waals surface area contributed by atoms with Gasteiger partial charge in [-0.05, 0) is 37.8 Å². The number of aliphatic hydroxyl groups is 1. The van der Waals surface area contributed by atoms with E-state index in [9.17, 15) is 9.50 Å². The largest absolute Gasteiger partial charge is 0.491 e. The van der Waals surface area contributed by atoms with Gasteiger partial charge >= 0.3 is 0 Å². The molecule has 2 nitrogen and oxygen atoms in total. The molecule has 1 saturated carbocycles. The van der Waals surface area contributed by atoms with Crippen LogP contribution in [-0.4, -0.2) is 11.7 Å². The van der Waals surface area contributed by atoms with Gasteiger partial charge in [-0.15, -0.1) is 0 Å². The van der Waals surface area contributed by atoms with Gasteiger partial charge in [0.15, 0.2) is 0 Å². The highest BCUT2D eigenvalue weighted by Crippen LogP contribution is 2.36. The van der Waals surface area contributed by atoms with Crippen molar-refractivity contribution in [3.8, 4) is 5.75 Å². The summed E-state index contributed by atoms with van der Waals surface area (Å²) in [6.45, 7) is 2.15. The smallest absolute Gasteiger partial charge is 0.143 e. The normalized spacial score (nSPS) is 17.2. The molecule has 1 aliphatic rings. The number of ether oxygens (including phenoxy) is 1. The standard InChI is InChI=1S/C12H14ClFO2/c1-7(15)10-4-9(14)5-11(13)12(10)16-6-8-2-3-8/h4-5,7-8,15H,2-3,6H2,1H3. The Hall–Kier alpha value is -0.800. The number of aliphatic hydroxyl groups excluding tert-OH is 1. The zero-order chi connectivity index (χ0) is 11.7. The van der Waals surface area contributed by atoms with Crippen LogP contribution < -0.4 is 4.74 Å². The summed E-state index contributed by atoms with van der Waals surface area (Å²) in [7, 11) is 0. The molecule has 0 amide bonds. The van der Waals surface area contributed by atoms with E-state index in [1.807, 2.05) is 0 Å². The highest BCUT2D eigenvalue weighted by atomic mass is 35.5. The fraction of sp³-hybridized carbons (Fsp3) is 0.500. The van der Waals surface area contributed by atoms with E-state index in [0.717, 1.165) is 0 Å². The minimum atomic E-state index is -0.789. The van der Waals surface area contributed by atoms with Crippen LogP contribution in [0.2, 0.25) is 5.02 Å². The molecule has 0 saturated heterocycles. The van der Waals surface area contributed by atoms with Crippen molar-refractivity contribution in [1.82, 2.24) is 0 Å². The summed E-state index contributed by atoms with van der Waals surface area (Å²) in [6.07, 6.45) is 1.55. The zero-order valence-electron chi connectivity index (χ0n) is 9.04. The Balaban J connectivity index is 2.24. The van der Waals surface area contributed by atoms with Crippen LogP contribution in [0.1, 0.15) is 31.4 Å². The second-order valence-electron chi connectivity index (χ2n) is 4.24. The minimum Gasteiger partial charge on any atom is -0.491 e. The summed E-state index contributed by atoms with van der Waals surface area (Å²) in [5.41, 5.74) is 0.408. The third-order valence-corrected chi connectivity index (χ3v) is 2.93. The lowest BCUT2D eigenvalue weighted by Gasteiger charge is -2.15. The van der Waals surface area contributed by atoms with Gasteiger partial charge in [0.1, 0.15) is 11.6 Å². The maximum atomic E-state index is 13.1. The fourth-order valence-electron chi connectivity index (χ4n) is 1.53. The predicted octanol–water partition coefficient (Wildman–Crippen LogP) is 3.32. The zero-order valence-corrected chi connectivity index (χ0v) is 9.80. The van der Waals surface area contributed by atoms with E-state index < -0.39 is 11.9 Å². The summed E-state index contributed by atoms with van der Waals surface area (Å²) in [5.74, 6) is 0.535. The molecular formula is C12H14ClFO2. The van der Waals surface area contributed by atoms with Crippen molar-refractivity contribution in [2.75, 3.05) is 6.61 Å². The van der Waals surface area contributed by atoms with Gasteiger partial charge in [-0.1, -0.05) is 11.6 Å². The van der Waals surface area contributed by atoms with E-state index >= 15 is 0 Å². The molecule has 88 valence electrons. The van der Waals surface area contributed by atoms with Gasteiger partial charge in [-0.25, -0.2) is 4.39 Å². The molecule has 16 heavy (non-hydrogen) atoms. The molecule has 0 radical (unpaired) electrons. The maximum Gasteiger partial charge on any atom is 0.143 e. The Kier molecular flexibility index (Phi) is 3.36. The Morgan fingerprint density at radius 2 is 2.25 bits per heavy atom. The summed E-state index contributed by atoms with van der Waals surface area (Å²) >= 11 is 5.91. The first-order valence-electron chi connectivity index (χ1n) is 5.37. The van der Waals surface area contributed by atoms with Crippen molar-refractivity contribution >= 4 is 11.6 Å². The molecule has 0 heterocycles. The number of benzene rings is 1. The lowest BCUT2D eigenvalue weighted by atomic mass is 10.1. The third kappa shape index (κ3) is 2.66. The Morgan fingerprint density at radius 1 is 1.56 bits per heavy atom. The molecular weight excluding hydrogens is 231 g/mol. The summed E-state index contributed by atoms with van der Waals surface area (Å²) < 4.78 is 18.7.